The zero-order valence-electron chi connectivity index (χ0n) is 15.1. The first-order valence-electron chi connectivity index (χ1n) is 8.80. The molecule has 10 heteroatoms. The van der Waals surface area contributed by atoms with Gasteiger partial charge < -0.3 is 4.42 Å². The molecule has 0 amide bonds. The highest BCUT2D eigenvalue weighted by molar-refractivity contribution is 7.89. The topological polar surface area (TPSA) is 81.2 Å². The molecular formula is C18H18Cl2N4O3S. The molecule has 1 fully saturated rings. The Morgan fingerprint density at radius 1 is 1.11 bits per heavy atom. The summed E-state index contributed by atoms with van der Waals surface area (Å²) in [7, 11) is -3.59. The summed E-state index contributed by atoms with van der Waals surface area (Å²) >= 11 is 12.1. The molecule has 1 aliphatic heterocycles. The zero-order chi connectivity index (χ0) is 19.9. The maximum Gasteiger partial charge on any atom is 0.276 e. The lowest BCUT2D eigenvalue weighted by molar-refractivity contribution is 0.380. The normalized spacial score (nSPS) is 15.4. The van der Waals surface area contributed by atoms with Crippen LogP contribution in [-0.4, -0.2) is 40.6 Å². The number of hydrogen-bond donors (Lipinski definition) is 0. The molecule has 0 unspecified atom stereocenters. The van der Waals surface area contributed by atoms with E-state index in [2.05, 4.69) is 10.1 Å². The van der Waals surface area contributed by atoms with Crippen molar-refractivity contribution in [2.45, 2.75) is 31.4 Å². The number of hydrogen-bond acceptors (Lipinski definition) is 5. The molecule has 1 aliphatic rings. The predicted molar refractivity (Wildman–Crippen MR) is 106 cm³/mol. The highest BCUT2D eigenvalue weighted by Gasteiger charge is 2.30. The number of halogens is 2. The molecule has 1 aromatic carbocycles. The Hall–Kier alpha value is -1.87. The van der Waals surface area contributed by atoms with Crippen molar-refractivity contribution in [2.75, 3.05) is 13.1 Å². The van der Waals surface area contributed by atoms with Crippen molar-refractivity contribution in [3.8, 4) is 11.4 Å². The van der Waals surface area contributed by atoms with Crippen LogP contribution in [0.3, 0.4) is 0 Å². The van der Waals surface area contributed by atoms with E-state index in [0.29, 0.717) is 40.5 Å². The van der Waals surface area contributed by atoms with Crippen molar-refractivity contribution in [3.05, 3.63) is 52.0 Å². The van der Waals surface area contributed by atoms with Gasteiger partial charge in [-0.15, -0.1) is 0 Å². The van der Waals surface area contributed by atoms with Gasteiger partial charge in [-0.3, -0.25) is 0 Å². The number of sulfonamides is 1. The summed E-state index contributed by atoms with van der Waals surface area (Å²) in [6.07, 6.45) is 1.75. The molecule has 1 saturated heterocycles. The Bertz CT molecular complexity index is 1120. The second kappa shape index (κ2) is 7.51. The van der Waals surface area contributed by atoms with Gasteiger partial charge in [-0.25, -0.2) is 18.1 Å². The SMILES string of the molecule is Cc1nc(-c2ccc(Cl)c(Cl)c2)n(Cc2ccc(S(=O)(=O)N3CCCC3)o2)n1. The number of nitrogens with zero attached hydrogens (tertiary/aromatic N) is 4. The molecule has 0 spiro atoms. The average Bonchev–Trinajstić information content (AvgIpc) is 3.39. The summed E-state index contributed by atoms with van der Waals surface area (Å²) in [4.78, 5) is 4.45. The monoisotopic (exact) mass is 440 g/mol. The van der Waals surface area contributed by atoms with Crippen LogP contribution in [0.4, 0.5) is 0 Å². The fourth-order valence-electron chi connectivity index (χ4n) is 3.20. The maximum absolute atomic E-state index is 12.6. The van der Waals surface area contributed by atoms with Crippen LogP contribution in [0.1, 0.15) is 24.4 Å². The van der Waals surface area contributed by atoms with Crippen LogP contribution in [0.2, 0.25) is 10.0 Å². The second-order valence-corrected chi connectivity index (χ2v) is 9.28. The Balaban J connectivity index is 1.62. The largest absolute Gasteiger partial charge is 0.446 e. The number of rotatable bonds is 5. The highest BCUT2D eigenvalue weighted by atomic mass is 35.5. The van der Waals surface area contributed by atoms with Gasteiger partial charge in [-0.05, 0) is 50.1 Å². The van der Waals surface area contributed by atoms with Crippen LogP contribution >= 0.6 is 23.2 Å². The van der Waals surface area contributed by atoms with Crippen molar-refractivity contribution in [1.82, 2.24) is 19.1 Å². The molecular weight excluding hydrogens is 423 g/mol. The standard InChI is InChI=1S/C18H18Cl2N4O3S/c1-12-21-18(13-4-6-15(19)16(20)10-13)24(22-12)11-14-5-7-17(27-14)28(25,26)23-8-2-3-9-23/h4-7,10H,2-3,8-9,11H2,1H3. The average molecular weight is 441 g/mol. The van der Waals surface area contributed by atoms with Crippen molar-refractivity contribution in [1.29, 1.82) is 0 Å². The van der Waals surface area contributed by atoms with E-state index in [0.717, 1.165) is 18.4 Å². The quantitative estimate of drug-likeness (QED) is 0.598. The smallest absolute Gasteiger partial charge is 0.276 e. The summed E-state index contributed by atoms with van der Waals surface area (Å²) in [6, 6.07) is 8.36. The Labute approximate surface area is 172 Å². The van der Waals surface area contributed by atoms with E-state index in [9.17, 15) is 8.42 Å². The Morgan fingerprint density at radius 2 is 1.86 bits per heavy atom. The summed E-state index contributed by atoms with van der Waals surface area (Å²) in [5.74, 6) is 1.65. The Kier molecular flexibility index (Phi) is 5.22. The number of aryl methyl sites for hydroxylation is 1. The van der Waals surface area contributed by atoms with E-state index >= 15 is 0 Å². The summed E-state index contributed by atoms with van der Waals surface area (Å²) in [6.45, 7) is 3.08. The molecule has 0 N–H and O–H groups in total. The van der Waals surface area contributed by atoms with E-state index in [1.165, 1.54) is 10.4 Å². The minimum absolute atomic E-state index is 0.0441. The molecule has 7 nitrogen and oxygen atoms in total. The third-order valence-electron chi connectivity index (χ3n) is 4.56. The van der Waals surface area contributed by atoms with E-state index in [-0.39, 0.29) is 11.6 Å². The third kappa shape index (κ3) is 3.69. The van der Waals surface area contributed by atoms with E-state index in [1.807, 2.05) is 0 Å². The molecule has 4 rings (SSSR count). The fraction of sp³-hybridized carbons (Fsp3) is 0.333. The molecule has 148 valence electrons. The van der Waals surface area contributed by atoms with Crippen LogP contribution in [0.25, 0.3) is 11.4 Å². The number of furan rings is 1. The van der Waals surface area contributed by atoms with E-state index < -0.39 is 10.0 Å². The van der Waals surface area contributed by atoms with Crippen molar-refractivity contribution < 1.29 is 12.8 Å². The molecule has 2 aromatic heterocycles. The second-order valence-electron chi connectivity index (χ2n) is 6.60. The van der Waals surface area contributed by atoms with Gasteiger partial charge in [0.15, 0.2) is 5.82 Å². The van der Waals surface area contributed by atoms with Gasteiger partial charge in [0.05, 0.1) is 10.0 Å². The molecule has 0 atom stereocenters. The third-order valence-corrected chi connectivity index (χ3v) is 7.07. The minimum Gasteiger partial charge on any atom is -0.446 e. The van der Waals surface area contributed by atoms with Gasteiger partial charge in [-0.1, -0.05) is 23.2 Å². The first-order chi connectivity index (χ1) is 13.3. The first-order valence-corrected chi connectivity index (χ1v) is 11.0. The van der Waals surface area contributed by atoms with Gasteiger partial charge in [0, 0.05) is 18.7 Å². The van der Waals surface area contributed by atoms with Crippen LogP contribution in [0.5, 0.6) is 0 Å². The van der Waals surface area contributed by atoms with E-state index in [1.54, 1.807) is 35.9 Å². The Morgan fingerprint density at radius 3 is 2.57 bits per heavy atom. The zero-order valence-corrected chi connectivity index (χ0v) is 17.4. The first kappa shape index (κ1) is 19.4. The molecule has 0 radical (unpaired) electrons. The van der Waals surface area contributed by atoms with Gasteiger partial charge in [0.1, 0.15) is 18.1 Å². The molecule has 3 aromatic rings. The molecule has 0 bridgehead atoms. The van der Waals surface area contributed by atoms with Crippen LogP contribution in [-0.2, 0) is 16.6 Å². The lowest BCUT2D eigenvalue weighted by Gasteiger charge is -2.12. The van der Waals surface area contributed by atoms with Crippen LogP contribution in [0.15, 0.2) is 39.8 Å². The highest BCUT2D eigenvalue weighted by Crippen LogP contribution is 2.28. The van der Waals surface area contributed by atoms with Gasteiger partial charge in [-0.2, -0.15) is 9.40 Å². The molecule has 3 heterocycles. The van der Waals surface area contributed by atoms with Crippen molar-refractivity contribution in [2.24, 2.45) is 0 Å². The minimum atomic E-state index is -3.59. The fourth-order valence-corrected chi connectivity index (χ4v) is 4.94. The molecule has 0 saturated carbocycles. The van der Waals surface area contributed by atoms with Crippen molar-refractivity contribution >= 4 is 33.2 Å². The number of benzene rings is 1. The summed E-state index contributed by atoms with van der Waals surface area (Å²) in [5.41, 5.74) is 0.756. The van der Waals surface area contributed by atoms with Crippen LogP contribution in [0, 0.1) is 6.92 Å². The molecule has 0 aliphatic carbocycles. The predicted octanol–water partition coefficient (Wildman–Crippen LogP) is 3.99. The van der Waals surface area contributed by atoms with Crippen LogP contribution < -0.4 is 0 Å². The lowest BCUT2D eigenvalue weighted by Crippen LogP contribution is -2.27. The lowest BCUT2D eigenvalue weighted by atomic mass is 10.2. The van der Waals surface area contributed by atoms with E-state index in [4.69, 9.17) is 27.6 Å². The van der Waals surface area contributed by atoms with Gasteiger partial charge in [0.25, 0.3) is 10.0 Å². The number of aromatic nitrogens is 3. The molecule has 28 heavy (non-hydrogen) atoms. The van der Waals surface area contributed by atoms with Gasteiger partial charge >= 0.3 is 0 Å². The maximum atomic E-state index is 12.6. The van der Waals surface area contributed by atoms with Crippen molar-refractivity contribution in [3.63, 3.8) is 0 Å². The summed E-state index contributed by atoms with van der Waals surface area (Å²) in [5, 5.41) is 5.22. The van der Waals surface area contributed by atoms with Gasteiger partial charge in [0.2, 0.25) is 5.09 Å². The summed E-state index contributed by atoms with van der Waals surface area (Å²) < 4.78 is 34.0.